The lowest BCUT2D eigenvalue weighted by molar-refractivity contribution is -0.0189. The quantitative estimate of drug-likeness (QED) is 0.504. The van der Waals surface area contributed by atoms with Gasteiger partial charge in [0.15, 0.2) is 0 Å². The Bertz CT molecular complexity index is 1000. The van der Waals surface area contributed by atoms with Crippen LogP contribution in [0.25, 0.3) is 0 Å². The standard InChI is InChI=1S/C20H14Cl2N2OS/c21-12-7-8-13(15(22)10-12)20-24-17(14-4-1-2-5-18(14)25-20)11-16(23-24)19-6-3-9-26-19/h1-10,17,20H,11H2. The number of hydrazone groups is 1. The van der Waals surface area contributed by atoms with Crippen LogP contribution in [0.15, 0.2) is 65.1 Å². The summed E-state index contributed by atoms with van der Waals surface area (Å²) in [5.41, 5.74) is 3.11. The smallest absolute Gasteiger partial charge is 0.215 e. The van der Waals surface area contributed by atoms with Gasteiger partial charge in [0.05, 0.1) is 21.7 Å². The van der Waals surface area contributed by atoms with Gasteiger partial charge < -0.3 is 4.74 Å². The van der Waals surface area contributed by atoms with E-state index in [0.717, 1.165) is 29.0 Å². The van der Waals surface area contributed by atoms with Crippen molar-refractivity contribution in [3.8, 4) is 5.75 Å². The van der Waals surface area contributed by atoms with Crippen LogP contribution in [0.1, 0.15) is 34.7 Å². The molecule has 1 aromatic heterocycles. The van der Waals surface area contributed by atoms with Gasteiger partial charge in [-0.15, -0.1) is 11.3 Å². The van der Waals surface area contributed by atoms with Crippen LogP contribution in [0.3, 0.4) is 0 Å². The summed E-state index contributed by atoms with van der Waals surface area (Å²) in [4.78, 5) is 1.19. The Hall–Kier alpha value is -2.01. The molecule has 0 fully saturated rings. The molecule has 2 atom stereocenters. The van der Waals surface area contributed by atoms with Gasteiger partial charge in [0, 0.05) is 22.6 Å². The van der Waals surface area contributed by atoms with E-state index in [1.54, 1.807) is 17.4 Å². The lowest BCUT2D eigenvalue weighted by Crippen LogP contribution is -2.33. The van der Waals surface area contributed by atoms with Gasteiger partial charge in [0.25, 0.3) is 0 Å². The van der Waals surface area contributed by atoms with Crippen LogP contribution in [0, 0.1) is 0 Å². The number of hydrogen-bond acceptors (Lipinski definition) is 4. The Kier molecular flexibility index (Phi) is 3.92. The molecular weight excluding hydrogens is 387 g/mol. The highest BCUT2D eigenvalue weighted by atomic mass is 35.5. The van der Waals surface area contributed by atoms with Crippen LogP contribution in [-0.2, 0) is 0 Å². The molecule has 3 nitrogen and oxygen atoms in total. The van der Waals surface area contributed by atoms with E-state index in [-0.39, 0.29) is 12.3 Å². The lowest BCUT2D eigenvalue weighted by atomic mass is 9.98. The molecule has 0 aliphatic carbocycles. The Morgan fingerprint density at radius 3 is 2.73 bits per heavy atom. The molecule has 6 heteroatoms. The highest BCUT2D eigenvalue weighted by Crippen LogP contribution is 2.48. The number of hydrogen-bond donors (Lipinski definition) is 0. The molecule has 26 heavy (non-hydrogen) atoms. The van der Waals surface area contributed by atoms with E-state index in [9.17, 15) is 0 Å². The molecule has 3 aromatic rings. The number of rotatable bonds is 2. The molecule has 0 amide bonds. The summed E-state index contributed by atoms with van der Waals surface area (Å²) in [7, 11) is 0. The van der Waals surface area contributed by atoms with Gasteiger partial charge in [0.1, 0.15) is 5.75 Å². The Morgan fingerprint density at radius 2 is 1.92 bits per heavy atom. The van der Waals surface area contributed by atoms with Gasteiger partial charge in [-0.1, -0.05) is 53.5 Å². The van der Waals surface area contributed by atoms with Crippen LogP contribution in [0.4, 0.5) is 0 Å². The summed E-state index contributed by atoms with van der Waals surface area (Å²) < 4.78 is 6.31. The van der Waals surface area contributed by atoms with E-state index in [1.165, 1.54) is 4.88 Å². The van der Waals surface area contributed by atoms with E-state index in [1.807, 2.05) is 35.3 Å². The van der Waals surface area contributed by atoms with Crippen LogP contribution >= 0.6 is 34.5 Å². The van der Waals surface area contributed by atoms with Crippen LogP contribution in [0.5, 0.6) is 5.75 Å². The average molecular weight is 401 g/mol. The summed E-state index contributed by atoms with van der Waals surface area (Å²) >= 11 is 14.3. The first-order chi connectivity index (χ1) is 12.7. The van der Waals surface area contributed by atoms with Gasteiger partial charge >= 0.3 is 0 Å². The highest BCUT2D eigenvalue weighted by molar-refractivity contribution is 7.12. The largest absolute Gasteiger partial charge is 0.464 e. The molecular formula is C20H14Cl2N2OS. The second-order valence-corrected chi connectivity index (χ2v) is 8.09. The number of nitrogens with zero attached hydrogens (tertiary/aromatic N) is 2. The predicted octanol–water partition coefficient (Wildman–Crippen LogP) is 6.30. The van der Waals surface area contributed by atoms with Crippen LogP contribution in [-0.4, -0.2) is 10.7 Å². The molecule has 0 N–H and O–H groups in total. The zero-order valence-electron chi connectivity index (χ0n) is 13.6. The van der Waals surface area contributed by atoms with Crippen molar-refractivity contribution in [2.75, 3.05) is 0 Å². The minimum atomic E-state index is -0.378. The fourth-order valence-corrected chi connectivity index (χ4v) is 4.76. The first-order valence-corrected chi connectivity index (χ1v) is 9.94. The van der Waals surface area contributed by atoms with Crippen molar-refractivity contribution in [1.29, 1.82) is 0 Å². The molecule has 0 saturated carbocycles. The molecule has 5 rings (SSSR count). The zero-order valence-corrected chi connectivity index (χ0v) is 15.9. The Morgan fingerprint density at radius 1 is 1.04 bits per heavy atom. The Balaban J connectivity index is 1.63. The SMILES string of the molecule is Clc1ccc(C2Oc3ccccc3C3CC(c4cccs4)=NN32)c(Cl)c1. The molecule has 2 aromatic carbocycles. The number of fused-ring (bicyclic) bond motifs is 3. The maximum absolute atomic E-state index is 6.48. The van der Waals surface area contributed by atoms with Crippen molar-refractivity contribution in [3.63, 3.8) is 0 Å². The molecule has 2 aliphatic heterocycles. The number of para-hydroxylation sites is 1. The summed E-state index contributed by atoms with van der Waals surface area (Å²) in [6, 6.07) is 17.9. The molecule has 130 valence electrons. The van der Waals surface area contributed by atoms with E-state index in [2.05, 4.69) is 23.6 Å². The second kappa shape index (κ2) is 6.31. The molecule has 3 heterocycles. The fraction of sp³-hybridized carbons (Fsp3) is 0.150. The normalized spacial score (nSPS) is 21.0. The van der Waals surface area contributed by atoms with Crippen LogP contribution in [0.2, 0.25) is 10.0 Å². The van der Waals surface area contributed by atoms with Crippen LogP contribution < -0.4 is 4.74 Å². The van der Waals surface area contributed by atoms with E-state index >= 15 is 0 Å². The van der Waals surface area contributed by atoms with Gasteiger partial charge in [-0.05, 0) is 29.6 Å². The molecule has 0 bridgehead atoms. The van der Waals surface area contributed by atoms with Gasteiger partial charge in [-0.25, -0.2) is 5.01 Å². The van der Waals surface area contributed by atoms with Crippen molar-refractivity contribution in [2.24, 2.45) is 5.10 Å². The van der Waals surface area contributed by atoms with E-state index in [4.69, 9.17) is 33.0 Å². The maximum atomic E-state index is 6.48. The fourth-order valence-electron chi connectivity index (χ4n) is 3.53. The minimum absolute atomic E-state index is 0.133. The van der Waals surface area contributed by atoms with Crippen molar-refractivity contribution < 1.29 is 4.74 Å². The van der Waals surface area contributed by atoms with E-state index < -0.39 is 0 Å². The van der Waals surface area contributed by atoms with Crippen molar-refractivity contribution in [2.45, 2.75) is 18.7 Å². The molecule has 0 saturated heterocycles. The molecule has 2 unspecified atom stereocenters. The van der Waals surface area contributed by atoms with E-state index in [0.29, 0.717) is 10.0 Å². The zero-order chi connectivity index (χ0) is 17.7. The van der Waals surface area contributed by atoms with Gasteiger partial charge in [-0.2, -0.15) is 5.10 Å². The number of ether oxygens (including phenoxy) is 1. The summed E-state index contributed by atoms with van der Waals surface area (Å²) in [5, 5.41) is 10.2. The first kappa shape index (κ1) is 16.2. The van der Waals surface area contributed by atoms with Crippen molar-refractivity contribution in [3.05, 3.63) is 86.0 Å². The lowest BCUT2D eigenvalue weighted by Gasteiger charge is -2.38. The predicted molar refractivity (Wildman–Crippen MR) is 106 cm³/mol. The summed E-state index contributed by atoms with van der Waals surface area (Å²) in [6.07, 6.45) is 0.472. The molecule has 0 spiro atoms. The third-order valence-electron chi connectivity index (χ3n) is 4.73. The Labute approximate surface area is 165 Å². The van der Waals surface area contributed by atoms with Crippen molar-refractivity contribution >= 4 is 40.3 Å². The molecule has 0 radical (unpaired) electrons. The number of thiophene rings is 1. The average Bonchev–Trinajstić information content (AvgIpc) is 3.31. The number of benzene rings is 2. The maximum Gasteiger partial charge on any atom is 0.215 e. The summed E-state index contributed by atoms with van der Waals surface area (Å²) in [5.74, 6) is 0.882. The second-order valence-electron chi connectivity index (χ2n) is 6.30. The topological polar surface area (TPSA) is 24.8 Å². The first-order valence-electron chi connectivity index (χ1n) is 8.31. The summed E-state index contributed by atoms with van der Waals surface area (Å²) in [6.45, 7) is 0. The molecule has 2 aliphatic rings. The third-order valence-corrected chi connectivity index (χ3v) is 6.21. The van der Waals surface area contributed by atoms with Crippen molar-refractivity contribution in [1.82, 2.24) is 5.01 Å². The number of halogens is 2. The highest BCUT2D eigenvalue weighted by Gasteiger charge is 2.41. The monoisotopic (exact) mass is 400 g/mol. The minimum Gasteiger partial charge on any atom is -0.464 e. The van der Waals surface area contributed by atoms with Gasteiger partial charge in [0.2, 0.25) is 6.23 Å². The van der Waals surface area contributed by atoms with Gasteiger partial charge in [-0.3, -0.25) is 0 Å². The third kappa shape index (κ3) is 2.60.